The highest BCUT2D eigenvalue weighted by Crippen LogP contribution is 2.52. The Morgan fingerprint density at radius 1 is 1.40 bits per heavy atom. The Bertz CT molecular complexity index is 847. The number of hydrogen-bond acceptors (Lipinski definition) is 5. The van der Waals surface area contributed by atoms with E-state index in [1.807, 2.05) is 0 Å². The zero-order valence-corrected chi connectivity index (χ0v) is 15.6. The number of hydrogen-bond donors (Lipinski definition) is 1. The first-order chi connectivity index (χ1) is 12.1. The van der Waals surface area contributed by atoms with E-state index in [9.17, 15) is 4.79 Å². The van der Waals surface area contributed by atoms with E-state index in [0.29, 0.717) is 23.2 Å². The molecule has 1 saturated carbocycles. The molecule has 1 amide bonds. The Hall–Kier alpha value is -1.24. The number of likely N-dealkylation sites (tertiary alicyclic amines) is 1. The lowest BCUT2D eigenvalue weighted by Gasteiger charge is -2.24. The van der Waals surface area contributed by atoms with Crippen LogP contribution in [0.2, 0.25) is 5.15 Å². The molecule has 1 unspecified atom stereocenters. The SMILES string of the molecule is O=C(CNC1CCc2c(sc3ncnc(Cl)c23)C1)N1CCC2(CC2)C1. The highest BCUT2D eigenvalue weighted by Gasteiger charge is 2.48. The van der Waals surface area contributed by atoms with Crippen LogP contribution in [0.15, 0.2) is 6.33 Å². The van der Waals surface area contributed by atoms with Gasteiger partial charge in [-0.2, -0.15) is 0 Å². The van der Waals surface area contributed by atoms with Crippen LogP contribution in [-0.2, 0) is 17.6 Å². The van der Waals surface area contributed by atoms with Crippen molar-refractivity contribution in [2.24, 2.45) is 5.41 Å². The summed E-state index contributed by atoms with van der Waals surface area (Å²) in [6, 6.07) is 0.355. The van der Waals surface area contributed by atoms with Gasteiger partial charge in [0.1, 0.15) is 16.3 Å². The van der Waals surface area contributed by atoms with Crippen molar-refractivity contribution in [2.75, 3.05) is 19.6 Å². The molecule has 5 nitrogen and oxygen atoms in total. The van der Waals surface area contributed by atoms with Crippen LogP contribution in [0.3, 0.4) is 0 Å². The molecule has 1 aliphatic heterocycles. The van der Waals surface area contributed by atoms with Gasteiger partial charge in [-0.25, -0.2) is 9.97 Å². The van der Waals surface area contributed by atoms with Crippen LogP contribution in [-0.4, -0.2) is 46.5 Å². The number of aryl methyl sites for hydroxylation is 1. The predicted octanol–water partition coefficient (Wildman–Crippen LogP) is 2.80. The number of rotatable bonds is 3. The molecule has 2 fully saturated rings. The number of fused-ring (bicyclic) bond motifs is 3. The van der Waals surface area contributed by atoms with Gasteiger partial charge in [-0.15, -0.1) is 11.3 Å². The molecule has 25 heavy (non-hydrogen) atoms. The molecule has 0 bridgehead atoms. The van der Waals surface area contributed by atoms with Crippen LogP contribution in [0.5, 0.6) is 0 Å². The Morgan fingerprint density at radius 2 is 2.28 bits per heavy atom. The summed E-state index contributed by atoms with van der Waals surface area (Å²) in [5.41, 5.74) is 1.82. The van der Waals surface area contributed by atoms with Gasteiger partial charge in [-0.3, -0.25) is 4.79 Å². The molecule has 1 saturated heterocycles. The van der Waals surface area contributed by atoms with Crippen LogP contribution < -0.4 is 5.32 Å². The maximum atomic E-state index is 12.5. The molecule has 0 radical (unpaired) electrons. The normalized spacial score (nSPS) is 24.0. The zero-order chi connectivity index (χ0) is 17.0. The molecule has 2 aliphatic carbocycles. The maximum Gasteiger partial charge on any atom is 0.236 e. The molecule has 3 aliphatic rings. The summed E-state index contributed by atoms with van der Waals surface area (Å²) in [5.74, 6) is 0.264. The van der Waals surface area contributed by atoms with Gasteiger partial charge < -0.3 is 10.2 Å². The topological polar surface area (TPSA) is 58.1 Å². The van der Waals surface area contributed by atoms with Gasteiger partial charge in [-0.1, -0.05) is 11.6 Å². The second kappa shape index (κ2) is 5.89. The van der Waals surface area contributed by atoms with Gasteiger partial charge in [0.05, 0.1) is 11.9 Å². The summed E-state index contributed by atoms with van der Waals surface area (Å²) in [7, 11) is 0. The zero-order valence-electron chi connectivity index (χ0n) is 14.1. The lowest BCUT2D eigenvalue weighted by Crippen LogP contribution is -2.42. The molecule has 2 aromatic heterocycles. The van der Waals surface area contributed by atoms with Crippen molar-refractivity contribution >= 4 is 39.1 Å². The van der Waals surface area contributed by atoms with Crippen LogP contribution in [0.1, 0.15) is 36.1 Å². The van der Waals surface area contributed by atoms with E-state index in [2.05, 4.69) is 20.2 Å². The minimum Gasteiger partial charge on any atom is -0.341 e. The Kier molecular flexibility index (Phi) is 3.77. The van der Waals surface area contributed by atoms with Gasteiger partial charge >= 0.3 is 0 Å². The minimum atomic E-state index is 0.264. The molecule has 3 heterocycles. The highest BCUT2D eigenvalue weighted by molar-refractivity contribution is 7.19. The van der Waals surface area contributed by atoms with Crippen molar-refractivity contribution in [3.8, 4) is 0 Å². The van der Waals surface area contributed by atoms with Crippen molar-refractivity contribution < 1.29 is 4.79 Å². The average Bonchev–Trinajstić information content (AvgIpc) is 3.06. The average molecular weight is 377 g/mol. The fourth-order valence-corrected chi connectivity index (χ4v) is 5.89. The van der Waals surface area contributed by atoms with Crippen molar-refractivity contribution in [2.45, 2.75) is 44.6 Å². The Balaban J connectivity index is 1.23. The van der Waals surface area contributed by atoms with E-state index < -0.39 is 0 Å². The first kappa shape index (κ1) is 16.0. The summed E-state index contributed by atoms with van der Waals surface area (Å²) in [6.45, 7) is 2.39. The van der Waals surface area contributed by atoms with E-state index in [4.69, 9.17) is 11.6 Å². The molecule has 2 aromatic rings. The lowest BCUT2D eigenvalue weighted by atomic mass is 9.93. The largest absolute Gasteiger partial charge is 0.341 e. The van der Waals surface area contributed by atoms with Crippen molar-refractivity contribution in [1.29, 1.82) is 0 Å². The van der Waals surface area contributed by atoms with E-state index >= 15 is 0 Å². The van der Waals surface area contributed by atoms with E-state index in [1.165, 1.54) is 36.0 Å². The molecule has 7 heteroatoms. The van der Waals surface area contributed by atoms with Crippen molar-refractivity contribution in [3.05, 3.63) is 21.9 Å². The maximum absolute atomic E-state index is 12.5. The van der Waals surface area contributed by atoms with Crippen LogP contribution in [0.4, 0.5) is 0 Å². The van der Waals surface area contributed by atoms with Crippen LogP contribution in [0.25, 0.3) is 10.2 Å². The molecule has 5 rings (SSSR count). The first-order valence-corrected chi connectivity index (χ1v) is 10.2. The lowest BCUT2D eigenvalue weighted by molar-refractivity contribution is -0.129. The second-order valence-electron chi connectivity index (χ2n) is 7.73. The number of carbonyl (C=O) groups is 1. The number of aromatic nitrogens is 2. The third-order valence-corrected chi connectivity index (χ3v) is 7.54. The monoisotopic (exact) mass is 376 g/mol. The van der Waals surface area contributed by atoms with E-state index in [1.54, 1.807) is 11.3 Å². The molecule has 1 spiro atoms. The Morgan fingerprint density at radius 3 is 3.08 bits per heavy atom. The molecular weight excluding hydrogens is 356 g/mol. The second-order valence-corrected chi connectivity index (χ2v) is 9.18. The molecular formula is C18H21ClN4OS. The molecule has 1 atom stereocenters. The van der Waals surface area contributed by atoms with Crippen LogP contribution >= 0.6 is 22.9 Å². The van der Waals surface area contributed by atoms with Gasteiger partial charge in [0.2, 0.25) is 5.91 Å². The summed E-state index contributed by atoms with van der Waals surface area (Å²) in [5, 5.41) is 5.09. The number of nitrogens with one attached hydrogen (secondary N) is 1. The van der Waals surface area contributed by atoms with Gasteiger partial charge in [0.25, 0.3) is 0 Å². The fourth-order valence-electron chi connectivity index (χ4n) is 4.32. The summed E-state index contributed by atoms with van der Waals surface area (Å²) in [4.78, 5) is 25.3. The van der Waals surface area contributed by atoms with Crippen molar-refractivity contribution in [1.82, 2.24) is 20.2 Å². The van der Waals surface area contributed by atoms with Crippen LogP contribution in [0, 0.1) is 5.41 Å². The molecule has 0 aromatic carbocycles. The molecule has 1 N–H and O–H groups in total. The van der Waals surface area contributed by atoms with Gasteiger partial charge in [0, 0.05) is 24.0 Å². The number of amides is 1. The first-order valence-electron chi connectivity index (χ1n) is 9.05. The standard InChI is InChI=1S/C18H21ClN4OS/c19-16-15-12-2-1-11(7-13(12)25-17(15)22-10-21-16)20-8-14(24)23-6-5-18(9-23)3-4-18/h10-11,20H,1-9H2. The van der Waals surface area contributed by atoms with Gasteiger partial charge in [-0.05, 0) is 49.5 Å². The smallest absolute Gasteiger partial charge is 0.236 e. The van der Waals surface area contributed by atoms with E-state index in [0.717, 1.165) is 42.6 Å². The number of thiophene rings is 1. The predicted molar refractivity (Wildman–Crippen MR) is 99.1 cm³/mol. The number of halogens is 1. The third kappa shape index (κ3) is 2.84. The van der Waals surface area contributed by atoms with E-state index in [-0.39, 0.29) is 5.91 Å². The Labute approximate surface area is 155 Å². The minimum absolute atomic E-state index is 0.264. The van der Waals surface area contributed by atoms with Gasteiger partial charge in [0.15, 0.2) is 0 Å². The van der Waals surface area contributed by atoms with Crippen molar-refractivity contribution in [3.63, 3.8) is 0 Å². The quantitative estimate of drug-likeness (QED) is 0.837. The summed E-state index contributed by atoms with van der Waals surface area (Å²) < 4.78 is 0. The number of carbonyl (C=O) groups excluding carboxylic acids is 1. The molecule has 132 valence electrons. The highest BCUT2D eigenvalue weighted by atomic mass is 35.5. The third-order valence-electron chi connectivity index (χ3n) is 6.09. The summed E-state index contributed by atoms with van der Waals surface area (Å²) in [6.07, 6.45) is 8.31. The number of nitrogens with zero attached hydrogens (tertiary/aromatic N) is 3. The fraction of sp³-hybridized carbons (Fsp3) is 0.611. The summed E-state index contributed by atoms with van der Waals surface area (Å²) >= 11 is 7.98.